The van der Waals surface area contributed by atoms with Crippen LogP contribution >= 0.6 is 0 Å². The van der Waals surface area contributed by atoms with Crippen LogP contribution in [0.2, 0.25) is 0 Å². The summed E-state index contributed by atoms with van der Waals surface area (Å²) < 4.78 is 45.7. The van der Waals surface area contributed by atoms with Gasteiger partial charge in [0.2, 0.25) is 0 Å². The number of halogens is 3. The Morgan fingerprint density at radius 1 is 1.00 bits per heavy atom. The van der Waals surface area contributed by atoms with E-state index in [2.05, 4.69) is 0 Å². The third kappa shape index (κ3) is 2.45. The maximum absolute atomic E-state index is 13.8. The average Bonchev–Trinajstić information content (AvgIpc) is 2.38. The van der Waals surface area contributed by atoms with Crippen LogP contribution in [0, 0.1) is 17.5 Å². The topological polar surface area (TPSA) is 26.3 Å². The molecule has 0 N–H and O–H groups in total. The molecule has 0 unspecified atom stereocenters. The molecule has 5 heteroatoms. The van der Waals surface area contributed by atoms with Crippen LogP contribution in [0.4, 0.5) is 13.2 Å². The molecule has 0 fully saturated rings. The Balaban J connectivity index is 2.59. The highest BCUT2D eigenvalue weighted by molar-refractivity contribution is 5.77. The van der Waals surface area contributed by atoms with Gasteiger partial charge in [-0.3, -0.25) is 4.79 Å². The minimum atomic E-state index is -0.866. The molecule has 0 radical (unpaired) electrons. The predicted octanol–water partition coefficient (Wildman–Crippen LogP) is 3.59. The Bertz CT molecular complexity index is 616. The first kappa shape index (κ1) is 13.1. The monoisotopic (exact) mass is 266 g/mol. The Hall–Kier alpha value is -2.30. The number of methoxy groups -OCH3 is 1. The number of aldehydes is 1. The van der Waals surface area contributed by atoms with Gasteiger partial charge >= 0.3 is 0 Å². The van der Waals surface area contributed by atoms with Gasteiger partial charge in [0, 0.05) is 12.1 Å². The van der Waals surface area contributed by atoms with Gasteiger partial charge in [-0.25, -0.2) is 13.2 Å². The van der Waals surface area contributed by atoms with Gasteiger partial charge in [0.25, 0.3) is 0 Å². The van der Waals surface area contributed by atoms with Crippen molar-refractivity contribution in [3.05, 3.63) is 53.3 Å². The number of ether oxygens (including phenoxy) is 1. The normalized spacial score (nSPS) is 10.3. The van der Waals surface area contributed by atoms with Gasteiger partial charge in [-0.05, 0) is 17.7 Å². The molecule has 0 amide bonds. The van der Waals surface area contributed by atoms with Crippen LogP contribution in [0.15, 0.2) is 30.3 Å². The van der Waals surface area contributed by atoms with Crippen molar-refractivity contribution in [1.82, 2.24) is 0 Å². The maximum Gasteiger partial charge on any atom is 0.152 e. The molecular formula is C14H9F3O2. The van der Waals surface area contributed by atoms with Gasteiger partial charge < -0.3 is 4.74 Å². The van der Waals surface area contributed by atoms with Crippen LogP contribution in [0.5, 0.6) is 5.75 Å². The molecular weight excluding hydrogens is 257 g/mol. The second-order valence-corrected chi connectivity index (χ2v) is 3.82. The SMILES string of the molecule is COc1cc(F)c(-c2ccc(C=O)c(F)c2)c(F)c1. The van der Waals surface area contributed by atoms with E-state index in [1.807, 2.05) is 0 Å². The van der Waals surface area contributed by atoms with Gasteiger partial charge in [-0.15, -0.1) is 0 Å². The highest BCUT2D eigenvalue weighted by atomic mass is 19.1. The summed E-state index contributed by atoms with van der Waals surface area (Å²) in [5, 5.41) is 0. The first-order valence-corrected chi connectivity index (χ1v) is 5.35. The van der Waals surface area contributed by atoms with Crippen molar-refractivity contribution in [3.8, 4) is 16.9 Å². The van der Waals surface area contributed by atoms with Crippen molar-refractivity contribution in [3.63, 3.8) is 0 Å². The van der Waals surface area contributed by atoms with Crippen LogP contribution in [-0.2, 0) is 0 Å². The fourth-order valence-corrected chi connectivity index (χ4v) is 1.72. The Morgan fingerprint density at radius 3 is 2.11 bits per heavy atom. The summed E-state index contributed by atoms with van der Waals surface area (Å²) >= 11 is 0. The molecule has 98 valence electrons. The van der Waals surface area contributed by atoms with Gasteiger partial charge in [0.15, 0.2) is 6.29 Å². The molecule has 0 spiro atoms. The average molecular weight is 266 g/mol. The molecule has 0 aliphatic carbocycles. The zero-order valence-electron chi connectivity index (χ0n) is 9.91. The van der Waals surface area contributed by atoms with E-state index in [1.165, 1.54) is 19.2 Å². The minimum Gasteiger partial charge on any atom is -0.497 e. The first-order chi connectivity index (χ1) is 9.06. The lowest BCUT2D eigenvalue weighted by atomic mass is 10.0. The van der Waals surface area contributed by atoms with Crippen molar-refractivity contribution in [2.45, 2.75) is 0 Å². The minimum absolute atomic E-state index is 0.0146. The summed E-state index contributed by atoms with van der Waals surface area (Å²) in [4.78, 5) is 10.5. The van der Waals surface area contributed by atoms with E-state index in [9.17, 15) is 18.0 Å². The fourth-order valence-electron chi connectivity index (χ4n) is 1.72. The van der Waals surface area contributed by atoms with Crippen molar-refractivity contribution >= 4 is 6.29 Å². The van der Waals surface area contributed by atoms with Gasteiger partial charge in [0.1, 0.15) is 23.2 Å². The Morgan fingerprint density at radius 2 is 1.63 bits per heavy atom. The third-order valence-electron chi connectivity index (χ3n) is 2.67. The van der Waals surface area contributed by atoms with Crippen LogP contribution in [0.1, 0.15) is 10.4 Å². The second-order valence-electron chi connectivity index (χ2n) is 3.82. The number of carbonyl (C=O) groups excluding carboxylic acids is 1. The lowest BCUT2D eigenvalue weighted by molar-refractivity contribution is 0.112. The van der Waals surface area contributed by atoms with Crippen LogP contribution < -0.4 is 4.74 Å². The zero-order chi connectivity index (χ0) is 14.0. The predicted molar refractivity (Wildman–Crippen MR) is 63.7 cm³/mol. The molecule has 0 saturated heterocycles. The summed E-state index contributed by atoms with van der Waals surface area (Å²) in [5.41, 5.74) is -0.518. The molecule has 0 aliphatic heterocycles. The van der Waals surface area contributed by atoms with Crippen molar-refractivity contribution in [2.24, 2.45) is 0 Å². The third-order valence-corrected chi connectivity index (χ3v) is 2.67. The van der Waals surface area contributed by atoms with E-state index >= 15 is 0 Å². The number of hydrogen-bond acceptors (Lipinski definition) is 2. The molecule has 19 heavy (non-hydrogen) atoms. The fraction of sp³-hybridized carbons (Fsp3) is 0.0714. The molecule has 2 rings (SSSR count). The molecule has 0 heterocycles. The molecule has 0 aliphatic rings. The van der Waals surface area contributed by atoms with E-state index < -0.39 is 17.5 Å². The first-order valence-electron chi connectivity index (χ1n) is 5.35. The number of carbonyl (C=O) groups is 1. The number of hydrogen-bond donors (Lipinski definition) is 0. The Kier molecular flexibility index (Phi) is 3.55. The smallest absolute Gasteiger partial charge is 0.152 e. The van der Waals surface area contributed by atoms with Gasteiger partial charge in [-0.1, -0.05) is 6.07 Å². The van der Waals surface area contributed by atoms with E-state index in [-0.39, 0.29) is 22.4 Å². The quantitative estimate of drug-likeness (QED) is 0.793. The molecule has 0 aromatic heterocycles. The molecule has 0 atom stereocenters. The van der Waals surface area contributed by atoms with Crippen LogP contribution in [0.25, 0.3) is 11.1 Å². The van der Waals surface area contributed by atoms with Gasteiger partial charge in [-0.2, -0.15) is 0 Å². The molecule has 2 aromatic carbocycles. The lowest BCUT2D eigenvalue weighted by Gasteiger charge is -2.08. The molecule has 0 bridgehead atoms. The molecule has 2 nitrogen and oxygen atoms in total. The van der Waals surface area contributed by atoms with E-state index in [0.717, 1.165) is 18.2 Å². The lowest BCUT2D eigenvalue weighted by Crippen LogP contribution is -1.95. The maximum atomic E-state index is 13.8. The summed E-state index contributed by atoms with van der Waals surface area (Å²) in [6.45, 7) is 0. The summed E-state index contributed by atoms with van der Waals surface area (Å²) in [7, 11) is 1.28. The highest BCUT2D eigenvalue weighted by Gasteiger charge is 2.15. The van der Waals surface area contributed by atoms with E-state index in [1.54, 1.807) is 0 Å². The Labute approximate surface area is 107 Å². The summed E-state index contributed by atoms with van der Waals surface area (Å²) in [6, 6.07) is 5.37. The van der Waals surface area contributed by atoms with Crippen molar-refractivity contribution in [1.29, 1.82) is 0 Å². The van der Waals surface area contributed by atoms with Crippen LogP contribution in [-0.4, -0.2) is 13.4 Å². The van der Waals surface area contributed by atoms with E-state index in [4.69, 9.17) is 4.74 Å². The van der Waals surface area contributed by atoms with Crippen LogP contribution in [0.3, 0.4) is 0 Å². The molecule has 0 saturated carbocycles. The summed E-state index contributed by atoms with van der Waals surface area (Å²) in [6.07, 6.45) is 0.333. The molecule has 2 aromatic rings. The highest BCUT2D eigenvalue weighted by Crippen LogP contribution is 2.30. The number of rotatable bonds is 3. The van der Waals surface area contributed by atoms with E-state index in [0.29, 0.717) is 6.29 Å². The largest absolute Gasteiger partial charge is 0.497 e. The van der Waals surface area contributed by atoms with Crippen molar-refractivity contribution < 1.29 is 22.7 Å². The zero-order valence-corrected chi connectivity index (χ0v) is 9.91. The standard InChI is InChI=1S/C14H9F3O2/c1-19-10-5-12(16)14(13(17)6-10)8-2-3-9(7-18)11(15)4-8/h2-7H,1H3. The van der Waals surface area contributed by atoms with Gasteiger partial charge in [0.05, 0.1) is 18.2 Å². The van der Waals surface area contributed by atoms with Crippen molar-refractivity contribution in [2.75, 3.05) is 7.11 Å². The number of benzene rings is 2. The second kappa shape index (κ2) is 5.14. The summed E-state index contributed by atoms with van der Waals surface area (Å²) in [5.74, 6) is -2.53.